The van der Waals surface area contributed by atoms with Crippen LogP contribution >= 0.6 is 11.6 Å². The molecule has 0 bridgehead atoms. The topological polar surface area (TPSA) is 41.5 Å². The zero-order valence-corrected chi connectivity index (χ0v) is 11.9. The van der Waals surface area contributed by atoms with Crippen LogP contribution in [0.5, 0.6) is 0 Å². The van der Waals surface area contributed by atoms with Gasteiger partial charge >= 0.3 is 12.2 Å². The maximum Gasteiger partial charge on any atom is 0.414 e. The molecular weight excluding hydrogens is 317 g/mol. The Balaban J connectivity index is 2.27. The van der Waals surface area contributed by atoms with Gasteiger partial charge in [0.25, 0.3) is 0 Å². The molecule has 22 heavy (non-hydrogen) atoms. The number of nitrogens with zero attached hydrogens (tertiary/aromatic N) is 1. The molecule has 0 saturated heterocycles. The average molecular weight is 327 g/mol. The minimum absolute atomic E-state index is 0.00863. The number of hydrogen-bond donors (Lipinski definition) is 1. The lowest BCUT2D eigenvalue weighted by Crippen LogP contribution is -2.42. The van der Waals surface area contributed by atoms with Crippen LogP contribution in [0.1, 0.15) is 18.4 Å². The molecule has 3 rings (SSSR count). The van der Waals surface area contributed by atoms with E-state index in [9.17, 15) is 18.0 Å². The molecule has 2 aliphatic rings. The summed E-state index contributed by atoms with van der Waals surface area (Å²) in [5.41, 5.74) is -2.85. The highest BCUT2D eigenvalue weighted by Crippen LogP contribution is 2.45. The van der Waals surface area contributed by atoms with Crippen molar-refractivity contribution < 1.29 is 18.0 Å². The maximum absolute atomic E-state index is 13.8. The lowest BCUT2D eigenvalue weighted by molar-refractivity contribution is -0.152. The Hall–Kier alpha value is -2.00. The Morgan fingerprint density at radius 3 is 2.73 bits per heavy atom. The summed E-state index contributed by atoms with van der Waals surface area (Å²) >= 11 is 5.85. The van der Waals surface area contributed by atoms with Gasteiger partial charge in [0.1, 0.15) is 0 Å². The molecule has 1 aromatic carbocycles. The summed E-state index contributed by atoms with van der Waals surface area (Å²) in [5.74, 6) is 4.91. The summed E-state index contributed by atoms with van der Waals surface area (Å²) in [5, 5.41) is 2.45. The number of anilines is 1. The summed E-state index contributed by atoms with van der Waals surface area (Å²) < 4.78 is 41.4. The Kier molecular flexibility index (Phi) is 3.41. The van der Waals surface area contributed by atoms with E-state index < -0.39 is 17.6 Å². The van der Waals surface area contributed by atoms with Crippen LogP contribution in [0.3, 0.4) is 0 Å². The van der Waals surface area contributed by atoms with Crippen molar-refractivity contribution >= 4 is 29.5 Å². The number of urea groups is 1. The summed E-state index contributed by atoms with van der Waals surface area (Å²) in [6.07, 6.45) is -2.58. The maximum atomic E-state index is 13.8. The fraction of sp³-hybridized carbons (Fsp3) is 0.333. The van der Waals surface area contributed by atoms with Gasteiger partial charge in [0.2, 0.25) is 0 Å². The quantitative estimate of drug-likeness (QED) is 0.714. The number of halogens is 4. The van der Waals surface area contributed by atoms with Crippen LogP contribution in [0.25, 0.3) is 0 Å². The second-order valence-electron chi connectivity index (χ2n) is 5.23. The molecule has 7 heteroatoms. The van der Waals surface area contributed by atoms with Crippen molar-refractivity contribution in [3.63, 3.8) is 0 Å². The molecule has 1 N–H and O–H groups in total. The van der Waals surface area contributed by atoms with Crippen molar-refractivity contribution in [2.24, 2.45) is 10.9 Å². The van der Waals surface area contributed by atoms with Gasteiger partial charge in [0.15, 0.2) is 5.41 Å². The van der Waals surface area contributed by atoms with E-state index in [4.69, 9.17) is 11.6 Å². The smallest absolute Gasteiger partial charge is 0.306 e. The lowest BCUT2D eigenvalue weighted by Gasteiger charge is -2.28. The standard InChI is InChI=1S/C15H10ClF3N2O/c16-10-3-4-12-11(7-10)14(15(17,18)19,6-5-9-1-2-9)8-20-13(22)21-12/h3-4,7-9H,1-2H2,(H,21,22). The van der Waals surface area contributed by atoms with E-state index in [0.29, 0.717) is 6.21 Å². The number of nitrogens with one attached hydrogen (secondary N) is 1. The second kappa shape index (κ2) is 5.03. The Labute approximate surface area is 129 Å². The van der Waals surface area contributed by atoms with Gasteiger partial charge in [0.05, 0.1) is 0 Å². The lowest BCUT2D eigenvalue weighted by atomic mass is 9.80. The van der Waals surface area contributed by atoms with Gasteiger partial charge in [-0.2, -0.15) is 13.2 Å². The minimum Gasteiger partial charge on any atom is -0.306 e. The Morgan fingerprint density at radius 2 is 2.09 bits per heavy atom. The summed E-state index contributed by atoms with van der Waals surface area (Å²) in [6, 6.07) is 3.03. The zero-order chi connectivity index (χ0) is 16.0. The van der Waals surface area contributed by atoms with Crippen LogP contribution in [0.2, 0.25) is 5.02 Å². The third kappa shape index (κ3) is 2.57. The number of aliphatic imine (C=N–C) groups is 1. The molecule has 114 valence electrons. The molecule has 1 fully saturated rings. The van der Waals surface area contributed by atoms with Gasteiger partial charge in [-0.1, -0.05) is 23.4 Å². The fourth-order valence-corrected chi connectivity index (χ4v) is 2.34. The van der Waals surface area contributed by atoms with Crippen LogP contribution in [0, 0.1) is 17.8 Å². The Bertz CT molecular complexity index is 729. The van der Waals surface area contributed by atoms with Crippen LogP contribution < -0.4 is 5.32 Å². The van der Waals surface area contributed by atoms with E-state index in [1.807, 2.05) is 0 Å². The Morgan fingerprint density at radius 1 is 1.36 bits per heavy atom. The molecule has 1 unspecified atom stereocenters. The first-order valence-corrected chi connectivity index (χ1v) is 6.95. The highest BCUT2D eigenvalue weighted by atomic mass is 35.5. The molecule has 0 radical (unpaired) electrons. The van der Waals surface area contributed by atoms with Crippen molar-refractivity contribution in [1.82, 2.24) is 0 Å². The van der Waals surface area contributed by atoms with Gasteiger partial charge in [-0.25, -0.2) is 9.79 Å². The number of alkyl halides is 3. The van der Waals surface area contributed by atoms with Gasteiger partial charge in [-0.15, -0.1) is 0 Å². The first-order valence-electron chi connectivity index (χ1n) is 6.57. The van der Waals surface area contributed by atoms with E-state index in [2.05, 4.69) is 22.2 Å². The van der Waals surface area contributed by atoms with Crippen molar-refractivity contribution in [2.75, 3.05) is 5.32 Å². The highest BCUT2D eigenvalue weighted by Gasteiger charge is 2.56. The van der Waals surface area contributed by atoms with Crippen LogP contribution in [-0.2, 0) is 5.41 Å². The van der Waals surface area contributed by atoms with E-state index in [1.165, 1.54) is 18.2 Å². The summed E-state index contributed by atoms with van der Waals surface area (Å²) in [4.78, 5) is 14.9. The predicted octanol–water partition coefficient (Wildman–Crippen LogP) is 4.17. The molecule has 3 nitrogen and oxygen atoms in total. The van der Waals surface area contributed by atoms with Crippen LogP contribution in [-0.4, -0.2) is 18.4 Å². The molecule has 1 atom stereocenters. The third-order valence-electron chi connectivity index (χ3n) is 3.52. The van der Waals surface area contributed by atoms with Crippen molar-refractivity contribution in [3.05, 3.63) is 28.8 Å². The predicted molar refractivity (Wildman–Crippen MR) is 77.2 cm³/mol. The monoisotopic (exact) mass is 326 g/mol. The zero-order valence-electron chi connectivity index (χ0n) is 11.2. The minimum atomic E-state index is -4.73. The van der Waals surface area contributed by atoms with E-state index in [1.54, 1.807) is 0 Å². The first-order chi connectivity index (χ1) is 10.3. The van der Waals surface area contributed by atoms with Gasteiger partial charge in [-0.3, -0.25) is 0 Å². The molecule has 1 aliphatic carbocycles. The number of hydrogen-bond acceptors (Lipinski definition) is 1. The summed E-state index contributed by atoms with van der Waals surface area (Å²) in [7, 11) is 0. The second-order valence-corrected chi connectivity index (χ2v) is 5.66. The highest BCUT2D eigenvalue weighted by molar-refractivity contribution is 6.30. The molecule has 0 aromatic heterocycles. The number of carbonyl (C=O) groups excluding carboxylic acids is 1. The first kappa shape index (κ1) is 14.9. The van der Waals surface area contributed by atoms with Crippen LogP contribution in [0.15, 0.2) is 23.2 Å². The van der Waals surface area contributed by atoms with Gasteiger partial charge < -0.3 is 5.32 Å². The van der Waals surface area contributed by atoms with Crippen molar-refractivity contribution in [2.45, 2.75) is 24.4 Å². The van der Waals surface area contributed by atoms with E-state index in [-0.39, 0.29) is 22.2 Å². The molecule has 1 aromatic rings. The number of fused-ring (bicyclic) bond motifs is 1. The number of benzene rings is 1. The molecule has 1 heterocycles. The number of carbonyl (C=O) groups is 1. The molecule has 2 amide bonds. The van der Waals surface area contributed by atoms with Crippen molar-refractivity contribution in [3.8, 4) is 11.8 Å². The molecule has 0 spiro atoms. The largest absolute Gasteiger partial charge is 0.414 e. The normalized spacial score (nSPS) is 23.9. The number of amides is 2. The van der Waals surface area contributed by atoms with Crippen molar-refractivity contribution in [1.29, 1.82) is 0 Å². The van der Waals surface area contributed by atoms with Crippen LogP contribution in [0.4, 0.5) is 23.7 Å². The SMILES string of the molecule is O=C1N=CC(C#CC2CC2)(C(F)(F)F)c2cc(Cl)ccc2N1. The van der Waals surface area contributed by atoms with Gasteiger partial charge in [0, 0.05) is 28.4 Å². The third-order valence-corrected chi connectivity index (χ3v) is 3.76. The molecular formula is C15H10ClF3N2O. The summed E-state index contributed by atoms with van der Waals surface area (Å²) in [6.45, 7) is 0. The number of rotatable bonds is 0. The van der Waals surface area contributed by atoms with E-state index >= 15 is 0 Å². The fourth-order valence-electron chi connectivity index (χ4n) is 2.16. The van der Waals surface area contributed by atoms with E-state index in [0.717, 1.165) is 12.8 Å². The molecule has 1 saturated carbocycles. The average Bonchev–Trinajstić information content (AvgIpc) is 3.24. The van der Waals surface area contributed by atoms with Gasteiger partial charge in [-0.05, 0) is 31.0 Å². The molecule has 1 aliphatic heterocycles.